The molecule has 5 nitrogen and oxygen atoms in total. The minimum Gasteiger partial charge on any atom is -0.350 e. The summed E-state index contributed by atoms with van der Waals surface area (Å²) in [4.78, 5) is 24.7. The van der Waals surface area contributed by atoms with Crippen LogP contribution in [0.15, 0.2) is 42.5 Å². The molecule has 0 bridgehead atoms. The van der Waals surface area contributed by atoms with Crippen LogP contribution in [0.5, 0.6) is 0 Å². The van der Waals surface area contributed by atoms with Crippen LogP contribution in [0.25, 0.3) is 10.9 Å². The Labute approximate surface area is 228 Å². The van der Waals surface area contributed by atoms with E-state index in [1.807, 2.05) is 0 Å². The highest BCUT2D eigenvalue weighted by atomic mass is 16.2. The van der Waals surface area contributed by atoms with Crippen molar-refractivity contribution in [2.24, 2.45) is 0 Å². The molecule has 0 unspecified atom stereocenters. The van der Waals surface area contributed by atoms with Gasteiger partial charge in [0.25, 0.3) is 5.91 Å². The van der Waals surface area contributed by atoms with Gasteiger partial charge in [-0.1, -0.05) is 55.7 Å². The molecule has 202 valence electrons. The van der Waals surface area contributed by atoms with Crippen LogP contribution < -0.4 is 0 Å². The number of aromatic amines is 1. The number of carbonyl (C=O) groups is 1. The van der Waals surface area contributed by atoms with Crippen LogP contribution in [-0.2, 0) is 6.54 Å². The van der Waals surface area contributed by atoms with Crippen molar-refractivity contribution in [1.29, 1.82) is 0 Å². The first-order valence-corrected chi connectivity index (χ1v) is 15.0. The van der Waals surface area contributed by atoms with Crippen LogP contribution in [0, 0.1) is 13.8 Å². The molecule has 2 saturated heterocycles. The van der Waals surface area contributed by atoms with Crippen molar-refractivity contribution < 1.29 is 4.79 Å². The van der Waals surface area contributed by atoms with E-state index in [0.29, 0.717) is 5.92 Å². The zero-order valence-corrected chi connectivity index (χ0v) is 23.3. The predicted octanol–water partition coefficient (Wildman–Crippen LogP) is 6.25. The van der Waals surface area contributed by atoms with E-state index in [4.69, 9.17) is 0 Å². The third-order valence-electron chi connectivity index (χ3n) is 9.64. The second kappa shape index (κ2) is 11.2. The summed E-state index contributed by atoms with van der Waals surface area (Å²) in [7, 11) is 0. The molecule has 0 radical (unpaired) electrons. The predicted molar refractivity (Wildman–Crippen MR) is 156 cm³/mol. The molecule has 3 aromatic rings. The number of hydrogen-bond acceptors (Lipinski definition) is 3. The van der Waals surface area contributed by atoms with Crippen LogP contribution in [0.3, 0.4) is 0 Å². The maximum absolute atomic E-state index is 13.9. The number of carbonyl (C=O) groups excluding carboxylic acids is 1. The SMILES string of the molecule is Cc1cccc(C)c1C1CCN(Cc2c(C(=O)N3CCN(C4CCCCC4)CC3)[nH]c3ccccc23)CC1. The average molecular weight is 513 g/mol. The van der Waals surface area contributed by atoms with Gasteiger partial charge in [-0.25, -0.2) is 0 Å². The summed E-state index contributed by atoms with van der Waals surface area (Å²) in [5, 5.41) is 1.20. The second-order valence-electron chi connectivity index (χ2n) is 12.0. The van der Waals surface area contributed by atoms with E-state index in [0.717, 1.165) is 63.1 Å². The number of para-hydroxylation sites is 1. The topological polar surface area (TPSA) is 42.6 Å². The largest absolute Gasteiger partial charge is 0.350 e. The highest BCUT2D eigenvalue weighted by molar-refractivity contribution is 6.01. The van der Waals surface area contributed by atoms with Gasteiger partial charge in [0.1, 0.15) is 5.69 Å². The Morgan fingerprint density at radius 3 is 2.21 bits per heavy atom. The number of aryl methyl sites for hydroxylation is 2. The summed E-state index contributed by atoms with van der Waals surface area (Å²) in [6.45, 7) is 11.2. The lowest BCUT2D eigenvalue weighted by Crippen LogP contribution is -2.52. The summed E-state index contributed by atoms with van der Waals surface area (Å²) in [6.07, 6.45) is 9.15. The molecule has 38 heavy (non-hydrogen) atoms. The smallest absolute Gasteiger partial charge is 0.270 e. The molecule has 3 heterocycles. The highest BCUT2D eigenvalue weighted by Crippen LogP contribution is 2.34. The molecule has 1 aromatic heterocycles. The summed E-state index contributed by atoms with van der Waals surface area (Å²) in [6, 6.07) is 15.9. The molecule has 6 rings (SSSR count). The number of hydrogen-bond donors (Lipinski definition) is 1. The molecule has 3 fully saturated rings. The minimum absolute atomic E-state index is 0.185. The zero-order chi connectivity index (χ0) is 26.1. The Morgan fingerprint density at radius 2 is 1.50 bits per heavy atom. The summed E-state index contributed by atoms with van der Waals surface area (Å²) in [5.74, 6) is 0.821. The fourth-order valence-corrected chi connectivity index (χ4v) is 7.52. The molecular formula is C33H44N4O. The van der Waals surface area contributed by atoms with Gasteiger partial charge in [0.2, 0.25) is 0 Å². The van der Waals surface area contributed by atoms with Crippen molar-refractivity contribution in [1.82, 2.24) is 19.7 Å². The highest BCUT2D eigenvalue weighted by Gasteiger charge is 2.31. The normalized spacial score (nSPS) is 20.8. The molecule has 2 aliphatic heterocycles. The molecule has 0 spiro atoms. The number of rotatable bonds is 5. The third kappa shape index (κ3) is 5.15. The van der Waals surface area contributed by atoms with Crippen LogP contribution in [-0.4, -0.2) is 70.9 Å². The average Bonchev–Trinajstić information content (AvgIpc) is 3.32. The standard InChI is InChI=1S/C33H44N4O/c1-24-9-8-10-25(2)31(24)26-15-17-35(18-16-26)23-29-28-13-6-7-14-30(28)34-32(29)33(38)37-21-19-36(20-22-37)27-11-4-3-5-12-27/h6-10,13-14,26-27,34H,3-5,11-12,15-23H2,1-2H3. The van der Waals surface area contributed by atoms with E-state index in [-0.39, 0.29) is 5.91 Å². The van der Waals surface area contributed by atoms with Gasteiger partial charge in [0.15, 0.2) is 0 Å². The van der Waals surface area contributed by atoms with Gasteiger partial charge in [0.05, 0.1) is 0 Å². The molecule has 1 aliphatic carbocycles. The van der Waals surface area contributed by atoms with Crippen molar-refractivity contribution in [3.05, 3.63) is 70.4 Å². The van der Waals surface area contributed by atoms with Gasteiger partial charge < -0.3 is 9.88 Å². The molecular weight excluding hydrogens is 468 g/mol. The number of likely N-dealkylation sites (tertiary alicyclic amines) is 1. The Morgan fingerprint density at radius 1 is 0.816 bits per heavy atom. The van der Waals surface area contributed by atoms with E-state index < -0.39 is 0 Å². The number of piperazine rings is 1. The van der Waals surface area contributed by atoms with E-state index in [9.17, 15) is 4.79 Å². The van der Waals surface area contributed by atoms with E-state index in [1.165, 1.54) is 67.0 Å². The second-order valence-corrected chi connectivity index (χ2v) is 12.0. The molecule has 1 amide bonds. The lowest BCUT2D eigenvalue weighted by Gasteiger charge is -2.40. The first-order chi connectivity index (χ1) is 18.6. The number of piperidine rings is 1. The number of aromatic nitrogens is 1. The molecule has 1 N–H and O–H groups in total. The van der Waals surface area contributed by atoms with Crippen LogP contribution in [0.1, 0.15) is 83.6 Å². The zero-order valence-electron chi connectivity index (χ0n) is 23.3. The van der Waals surface area contributed by atoms with Crippen LogP contribution in [0.4, 0.5) is 0 Å². The number of nitrogens with one attached hydrogen (secondary N) is 1. The van der Waals surface area contributed by atoms with Gasteiger partial charge in [0, 0.05) is 55.2 Å². The molecule has 2 aromatic carbocycles. The Hall–Kier alpha value is -2.63. The first kappa shape index (κ1) is 25.6. The first-order valence-electron chi connectivity index (χ1n) is 15.0. The van der Waals surface area contributed by atoms with Crippen molar-refractivity contribution >= 4 is 16.8 Å². The van der Waals surface area contributed by atoms with Crippen LogP contribution in [0.2, 0.25) is 0 Å². The van der Waals surface area contributed by atoms with Gasteiger partial charge in [-0.05, 0) is 81.3 Å². The van der Waals surface area contributed by atoms with Crippen LogP contribution >= 0.6 is 0 Å². The number of benzene rings is 2. The summed E-state index contributed by atoms with van der Waals surface area (Å²) < 4.78 is 0. The van der Waals surface area contributed by atoms with Gasteiger partial charge in [-0.2, -0.15) is 0 Å². The fourth-order valence-electron chi connectivity index (χ4n) is 7.52. The monoisotopic (exact) mass is 512 g/mol. The summed E-state index contributed by atoms with van der Waals surface area (Å²) in [5.41, 5.74) is 7.49. The number of nitrogens with zero attached hydrogens (tertiary/aromatic N) is 3. The molecule has 5 heteroatoms. The van der Waals surface area contributed by atoms with Gasteiger partial charge in [-0.3, -0.25) is 14.6 Å². The van der Waals surface area contributed by atoms with Crippen molar-refractivity contribution in [3.8, 4) is 0 Å². The summed E-state index contributed by atoms with van der Waals surface area (Å²) >= 11 is 0. The fraction of sp³-hybridized carbons (Fsp3) is 0.545. The molecule has 1 saturated carbocycles. The Bertz CT molecular complexity index is 1240. The van der Waals surface area contributed by atoms with E-state index in [1.54, 1.807) is 5.56 Å². The van der Waals surface area contributed by atoms with Crippen molar-refractivity contribution in [2.45, 2.75) is 77.3 Å². The Balaban J connectivity index is 1.15. The number of amides is 1. The molecule has 0 atom stereocenters. The van der Waals surface area contributed by atoms with Crippen molar-refractivity contribution in [2.75, 3.05) is 39.3 Å². The third-order valence-corrected chi connectivity index (χ3v) is 9.64. The van der Waals surface area contributed by atoms with Gasteiger partial charge >= 0.3 is 0 Å². The van der Waals surface area contributed by atoms with Gasteiger partial charge in [-0.15, -0.1) is 0 Å². The van der Waals surface area contributed by atoms with E-state index in [2.05, 4.69) is 76.0 Å². The number of H-pyrrole nitrogens is 1. The van der Waals surface area contributed by atoms with E-state index >= 15 is 0 Å². The minimum atomic E-state index is 0.185. The lowest BCUT2D eigenvalue weighted by molar-refractivity contribution is 0.0517. The Kier molecular flexibility index (Phi) is 7.58. The number of fused-ring (bicyclic) bond motifs is 1. The van der Waals surface area contributed by atoms with Crippen molar-refractivity contribution in [3.63, 3.8) is 0 Å². The molecule has 3 aliphatic rings. The lowest BCUT2D eigenvalue weighted by atomic mass is 9.84. The maximum Gasteiger partial charge on any atom is 0.270 e. The maximum atomic E-state index is 13.9. The quantitative estimate of drug-likeness (QED) is 0.439.